The molecular weight excluding hydrogens is 385 g/mol. The third-order valence-electron chi connectivity index (χ3n) is 5.93. The van der Waals surface area contributed by atoms with Crippen LogP contribution < -0.4 is 10.6 Å². The van der Waals surface area contributed by atoms with Crippen LogP contribution >= 0.6 is 0 Å². The van der Waals surface area contributed by atoms with E-state index in [4.69, 9.17) is 0 Å². The minimum absolute atomic E-state index is 0.0284. The fraction of sp³-hybridized carbons (Fsp3) is 0.318. The maximum atomic E-state index is 13.9. The lowest BCUT2D eigenvalue weighted by Crippen LogP contribution is -2.32. The summed E-state index contributed by atoms with van der Waals surface area (Å²) in [5.41, 5.74) is 3.07. The number of H-pyrrole nitrogens is 1. The van der Waals surface area contributed by atoms with Crippen molar-refractivity contribution in [2.24, 2.45) is 0 Å². The molecule has 0 bridgehead atoms. The highest BCUT2D eigenvalue weighted by Gasteiger charge is 2.26. The van der Waals surface area contributed by atoms with Gasteiger partial charge in [-0.1, -0.05) is 25.0 Å². The van der Waals surface area contributed by atoms with Crippen molar-refractivity contribution in [3.8, 4) is 11.4 Å². The van der Waals surface area contributed by atoms with E-state index in [1.54, 1.807) is 6.07 Å². The number of carbonyl (C=O) groups is 2. The molecule has 1 aromatic carbocycles. The van der Waals surface area contributed by atoms with E-state index in [1.165, 1.54) is 18.2 Å². The van der Waals surface area contributed by atoms with Gasteiger partial charge in [0.05, 0.1) is 22.5 Å². The van der Waals surface area contributed by atoms with Crippen LogP contribution in [-0.4, -0.2) is 32.6 Å². The monoisotopic (exact) mass is 407 g/mol. The second kappa shape index (κ2) is 7.44. The van der Waals surface area contributed by atoms with Crippen LogP contribution in [-0.2, 0) is 13.0 Å². The van der Waals surface area contributed by atoms with Crippen LogP contribution in [0.3, 0.4) is 0 Å². The molecule has 3 N–H and O–H groups in total. The normalized spacial score (nSPS) is 15.5. The number of benzene rings is 1. The number of aromatic amines is 1. The Morgan fingerprint density at radius 3 is 2.77 bits per heavy atom. The number of hydrogen-bond donors (Lipinski definition) is 3. The number of rotatable bonds is 4. The summed E-state index contributed by atoms with van der Waals surface area (Å²) < 4.78 is 15.9. The van der Waals surface area contributed by atoms with E-state index in [2.05, 4.69) is 20.8 Å². The lowest BCUT2D eigenvalue weighted by Gasteiger charge is -2.16. The van der Waals surface area contributed by atoms with Gasteiger partial charge < -0.3 is 15.2 Å². The lowest BCUT2D eigenvalue weighted by atomic mass is 10.1. The topological polar surface area (TPSA) is 91.8 Å². The first-order valence-corrected chi connectivity index (χ1v) is 10.2. The van der Waals surface area contributed by atoms with E-state index in [0.29, 0.717) is 24.3 Å². The van der Waals surface area contributed by atoms with E-state index in [9.17, 15) is 14.0 Å². The zero-order chi connectivity index (χ0) is 20.7. The van der Waals surface area contributed by atoms with Gasteiger partial charge in [-0.3, -0.25) is 14.7 Å². The van der Waals surface area contributed by atoms with Gasteiger partial charge in [-0.05, 0) is 37.5 Å². The quantitative estimate of drug-likeness (QED) is 0.618. The molecule has 1 fully saturated rings. The maximum Gasteiger partial charge on any atom is 0.259 e. The molecule has 0 unspecified atom stereocenters. The highest BCUT2D eigenvalue weighted by atomic mass is 19.1. The van der Waals surface area contributed by atoms with Crippen LogP contribution in [0.4, 0.5) is 10.2 Å². The first kappa shape index (κ1) is 18.6. The van der Waals surface area contributed by atoms with Gasteiger partial charge in [-0.25, -0.2) is 4.39 Å². The Labute approximate surface area is 172 Å². The van der Waals surface area contributed by atoms with Crippen molar-refractivity contribution in [3.05, 3.63) is 59.0 Å². The maximum absolute atomic E-state index is 13.9. The fourth-order valence-corrected chi connectivity index (χ4v) is 4.35. The van der Waals surface area contributed by atoms with Crippen LogP contribution in [0.25, 0.3) is 11.4 Å². The summed E-state index contributed by atoms with van der Waals surface area (Å²) >= 11 is 0. The minimum atomic E-state index is -0.578. The van der Waals surface area contributed by atoms with Gasteiger partial charge >= 0.3 is 0 Å². The molecule has 0 saturated heterocycles. The summed E-state index contributed by atoms with van der Waals surface area (Å²) in [6, 6.07) is 7.95. The van der Waals surface area contributed by atoms with Crippen LogP contribution in [0, 0.1) is 5.82 Å². The number of anilines is 1. The highest BCUT2D eigenvalue weighted by Crippen LogP contribution is 2.33. The average molecular weight is 407 g/mol. The Balaban J connectivity index is 1.37. The molecule has 1 aliphatic heterocycles. The summed E-state index contributed by atoms with van der Waals surface area (Å²) in [6.07, 6.45) is 6.90. The number of amides is 2. The van der Waals surface area contributed by atoms with Crippen molar-refractivity contribution in [2.45, 2.75) is 44.7 Å². The van der Waals surface area contributed by atoms with Crippen molar-refractivity contribution < 1.29 is 14.0 Å². The van der Waals surface area contributed by atoms with Crippen molar-refractivity contribution >= 4 is 17.6 Å². The Morgan fingerprint density at radius 2 is 1.97 bits per heavy atom. The number of nitrogens with one attached hydrogen (secondary N) is 3. The molecule has 5 rings (SSSR count). The molecule has 3 heterocycles. The average Bonchev–Trinajstić information content (AvgIpc) is 3.47. The van der Waals surface area contributed by atoms with E-state index in [0.717, 1.165) is 42.6 Å². The number of aryl methyl sites for hydroxylation is 1. The van der Waals surface area contributed by atoms with E-state index < -0.39 is 11.7 Å². The van der Waals surface area contributed by atoms with Crippen molar-refractivity contribution in [2.75, 3.05) is 5.32 Å². The van der Waals surface area contributed by atoms with Crippen LogP contribution in [0.2, 0.25) is 0 Å². The number of fused-ring (bicyclic) bond motifs is 3. The molecule has 7 nitrogen and oxygen atoms in total. The number of carbonyl (C=O) groups excluding carboxylic acids is 2. The molecule has 3 aromatic rings. The predicted octanol–water partition coefficient (Wildman–Crippen LogP) is 3.50. The molecule has 1 aliphatic carbocycles. The second-order valence-electron chi connectivity index (χ2n) is 7.87. The standard InChI is InChI=1S/C22H22FN5O2/c23-17-8-4-3-7-15(17)22(30)25-20-16-9-10-28-12-13(11-18(28)19(16)26-27-20)21(29)24-14-5-1-2-6-14/h3-4,7-8,11-12,14H,1-2,5-6,9-10H2,(H,24,29)(H2,25,26,27,30). The van der Waals surface area contributed by atoms with Crippen molar-refractivity contribution in [3.63, 3.8) is 0 Å². The number of hydrogen-bond acceptors (Lipinski definition) is 3. The Bertz CT molecular complexity index is 1130. The van der Waals surface area contributed by atoms with Crippen LogP contribution in [0.15, 0.2) is 36.5 Å². The van der Waals surface area contributed by atoms with Crippen LogP contribution in [0.5, 0.6) is 0 Å². The molecule has 2 aromatic heterocycles. The number of nitrogens with zero attached hydrogens (tertiary/aromatic N) is 2. The minimum Gasteiger partial charge on any atom is -0.349 e. The molecule has 8 heteroatoms. The zero-order valence-corrected chi connectivity index (χ0v) is 16.4. The summed E-state index contributed by atoms with van der Waals surface area (Å²) in [6.45, 7) is 0.668. The van der Waals surface area contributed by atoms with Crippen molar-refractivity contribution in [1.29, 1.82) is 0 Å². The molecule has 0 spiro atoms. The predicted molar refractivity (Wildman–Crippen MR) is 110 cm³/mol. The Kier molecular flexibility index (Phi) is 4.61. The largest absolute Gasteiger partial charge is 0.349 e. The molecular formula is C22H22FN5O2. The Hall–Kier alpha value is -3.42. The molecule has 0 atom stereocenters. The van der Waals surface area contributed by atoms with Gasteiger partial charge in [0.25, 0.3) is 11.8 Å². The highest BCUT2D eigenvalue weighted by molar-refractivity contribution is 6.04. The van der Waals surface area contributed by atoms with E-state index >= 15 is 0 Å². The first-order chi connectivity index (χ1) is 14.6. The lowest BCUT2D eigenvalue weighted by molar-refractivity contribution is 0.0937. The van der Waals surface area contributed by atoms with Gasteiger partial charge in [-0.2, -0.15) is 5.10 Å². The number of halogens is 1. The van der Waals surface area contributed by atoms with Gasteiger partial charge in [-0.15, -0.1) is 0 Å². The van der Waals surface area contributed by atoms with E-state index in [-0.39, 0.29) is 17.5 Å². The molecule has 154 valence electrons. The summed E-state index contributed by atoms with van der Waals surface area (Å²) in [5, 5.41) is 13.0. The Morgan fingerprint density at radius 1 is 1.17 bits per heavy atom. The molecule has 2 amide bonds. The molecule has 2 aliphatic rings. The third kappa shape index (κ3) is 3.28. The zero-order valence-electron chi connectivity index (χ0n) is 16.4. The summed E-state index contributed by atoms with van der Waals surface area (Å²) in [4.78, 5) is 25.1. The van der Waals surface area contributed by atoms with Gasteiger partial charge in [0.2, 0.25) is 0 Å². The SMILES string of the molecule is O=C(NC1CCCC1)c1cc2n(c1)CCc1c(NC(=O)c3ccccc3F)n[nH]c1-2. The third-order valence-corrected chi connectivity index (χ3v) is 5.93. The first-order valence-electron chi connectivity index (χ1n) is 10.2. The summed E-state index contributed by atoms with van der Waals surface area (Å²) in [5.74, 6) is -0.785. The molecule has 30 heavy (non-hydrogen) atoms. The van der Waals surface area contributed by atoms with E-state index in [1.807, 2.05) is 16.8 Å². The van der Waals surface area contributed by atoms with Gasteiger partial charge in [0, 0.05) is 24.3 Å². The van der Waals surface area contributed by atoms with Crippen molar-refractivity contribution in [1.82, 2.24) is 20.1 Å². The van der Waals surface area contributed by atoms with Gasteiger partial charge in [0.1, 0.15) is 5.82 Å². The molecule has 0 radical (unpaired) electrons. The fourth-order valence-electron chi connectivity index (χ4n) is 4.35. The van der Waals surface area contributed by atoms with Crippen LogP contribution in [0.1, 0.15) is 52.0 Å². The smallest absolute Gasteiger partial charge is 0.259 e. The molecule has 1 saturated carbocycles. The second-order valence-corrected chi connectivity index (χ2v) is 7.87. The summed E-state index contributed by atoms with van der Waals surface area (Å²) in [7, 11) is 0. The van der Waals surface area contributed by atoms with Gasteiger partial charge in [0.15, 0.2) is 5.82 Å². The number of aromatic nitrogens is 3.